The summed E-state index contributed by atoms with van der Waals surface area (Å²) in [5.74, 6) is 1.33. The van der Waals surface area contributed by atoms with Gasteiger partial charge in [0.2, 0.25) is 0 Å². The highest BCUT2D eigenvalue weighted by molar-refractivity contribution is 5.42. The zero-order valence-corrected chi connectivity index (χ0v) is 12.7. The molecule has 2 aromatic rings. The first-order valence-electron chi connectivity index (χ1n) is 7.15. The normalized spacial score (nSPS) is 10.5. The van der Waals surface area contributed by atoms with E-state index in [4.69, 9.17) is 0 Å². The average molecular weight is 288 g/mol. The number of nitrogens with one attached hydrogen (secondary N) is 2. The number of rotatable bonds is 6. The predicted octanol–water partition coefficient (Wildman–Crippen LogP) is 3.67. The number of halogens is 1. The van der Waals surface area contributed by atoms with Crippen molar-refractivity contribution < 1.29 is 4.39 Å². The molecule has 5 heteroatoms. The van der Waals surface area contributed by atoms with Crippen molar-refractivity contribution in [1.29, 1.82) is 0 Å². The van der Waals surface area contributed by atoms with Crippen molar-refractivity contribution in [2.75, 3.05) is 17.2 Å². The number of aromatic nitrogens is 2. The molecule has 2 rings (SSSR count). The second-order valence-electron chi connectivity index (χ2n) is 5.11. The molecule has 0 aliphatic rings. The van der Waals surface area contributed by atoms with Crippen molar-refractivity contribution in [3.8, 4) is 0 Å². The van der Waals surface area contributed by atoms with Crippen LogP contribution in [0.5, 0.6) is 0 Å². The van der Waals surface area contributed by atoms with Crippen molar-refractivity contribution >= 4 is 11.6 Å². The molecule has 0 atom stereocenters. The Morgan fingerprint density at radius 3 is 2.29 bits per heavy atom. The molecule has 0 unspecified atom stereocenters. The zero-order valence-electron chi connectivity index (χ0n) is 12.7. The van der Waals surface area contributed by atoms with Crippen molar-refractivity contribution in [3.63, 3.8) is 0 Å². The van der Waals surface area contributed by atoms with Crippen LogP contribution < -0.4 is 10.6 Å². The van der Waals surface area contributed by atoms with Gasteiger partial charge in [-0.2, -0.15) is 0 Å². The van der Waals surface area contributed by atoms with E-state index in [1.165, 1.54) is 0 Å². The Kier molecular flexibility index (Phi) is 5.09. The maximum Gasteiger partial charge on any atom is 0.147 e. The standard InChI is InChI=1S/C16H21FN4/c1-4-5-19-14-9-18-10-15(21-14)20-8-13-6-11(2)16(17)12(3)7-13/h6-7,9-10H,4-5,8H2,1-3H3,(H2,19,20,21). The van der Waals surface area contributed by atoms with Gasteiger partial charge in [0.05, 0.1) is 12.4 Å². The summed E-state index contributed by atoms with van der Waals surface area (Å²) in [6.07, 6.45) is 4.42. The fraction of sp³-hybridized carbons (Fsp3) is 0.375. The van der Waals surface area contributed by atoms with Gasteiger partial charge in [0, 0.05) is 13.1 Å². The third-order valence-electron chi connectivity index (χ3n) is 3.16. The van der Waals surface area contributed by atoms with E-state index >= 15 is 0 Å². The highest BCUT2D eigenvalue weighted by atomic mass is 19.1. The highest BCUT2D eigenvalue weighted by Crippen LogP contribution is 2.16. The molecular weight excluding hydrogens is 267 g/mol. The van der Waals surface area contributed by atoms with E-state index < -0.39 is 0 Å². The predicted molar refractivity (Wildman–Crippen MR) is 84.0 cm³/mol. The number of aryl methyl sites for hydroxylation is 2. The summed E-state index contributed by atoms with van der Waals surface area (Å²) in [7, 11) is 0. The Bertz CT molecular complexity index is 590. The van der Waals surface area contributed by atoms with Gasteiger partial charge < -0.3 is 10.6 Å². The molecule has 0 saturated heterocycles. The second-order valence-corrected chi connectivity index (χ2v) is 5.11. The lowest BCUT2D eigenvalue weighted by Gasteiger charge is -2.10. The van der Waals surface area contributed by atoms with Gasteiger partial charge >= 0.3 is 0 Å². The highest BCUT2D eigenvalue weighted by Gasteiger charge is 2.05. The molecule has 0 saturated carbocycles. The molecule has 0 bridgehead atoms. The van der Waals surface area contributed by atoms with Gasteiger partial charge in [0.1, 0.15) is 17.5 Å². The van der Waals surface area contributed by atoms with E-state index in [0.29, 0.717) is 23.5 Å². The molecule has 2 N–H and O–H groups in total. The first-order valence-corrected chi connectivity index (χ1v) is 7.15. The first-order chi connectivity index (χ1) is 10.1. The molecule has 112 valence electrons. The van der Waals surface area contributed by atoms with Crippen molar-refractivity contribution in [3.05, 3.63) is 47.0 Å². The maximum atomic E-state index is 13.6. The van der Waals surface area contributed by atoms with Gasteiger partial charge in [-0.1, -0.05) is 19.1 Å². The average Bonchev–Trinajstić information content (AvgIpc) is 2.49. The SMILES string of the molecule is CCCNc1cncc(NCc2cc(C)c(F)c(C)c2)n1. The largest absolute Gasteiger partial charge is 0.369 e. The van der Waals surface area contributed by atoms with E-state index in [2.05, 4.69) is 27.5 Å². The Hall–Kier alpha value is -2.17. The summed E-state index contributed by atoms with van der Waals surface area (Å²) in [4.78, 5) is 8.58. The molecule has 0 aliphatic carbocycles. The van der Waals surface area contributed by atoms with Crippen LogP contribution in [-0.2, 0) is 6.54 Å². The Labute approximate surface area is 124 Å². The van der Waals surface area contributed by atoms with Gasteiger partial charge in [-0.05, 0) is 37.0 Å². The number of nitrogens with zero attached hydrogens (tertiary/aromatic N) is 2. The summed E-state index contributed by atoms with van der Waals surface area (Å²) in [5, 5.41) is 6.41. The van der Waals surface area contributed by atoms with Crippen LogP contribution >= 0.6 is 0 Å². The van der Waals surface area contributed by atoms with Crippen molar-refractivity contribution in [1.82, 2.24) is 9.97 Å². The lowest BCUT2D eigenvalue weighted by atomic mass is 10.1. The molecule has 1 heterocycles. The van der Waals surface area contributed by atoms with E-state index in [9.17, 15) is 4.39 Å². The van der Waals surface area contributed by atoms with Crippen LogP contribution in [0.25, 0.3) is 0 Å². The minimum atomic E-state index is -0.135. The fourth-order valence-electron chi connectivity index (χ4n) is 2.12. The minimum absolute atomic E-state index is 0.135. The van der Waals surface area contributed by atoms with Crippen LogP contribution in [-0.4, -0.2) is 16.5 Å². The molecule has 0 fully saturated rings. The smallest absolute Gasteiger partial charge is 0.147 e. The summed E-state index contributed by atoms with van der Waals surface area (Å²) in [6, 6.07) is 3.70. The summed E-state index contributed by atoms with van der Waals surface area (Å²) in [6.45, 7) is 7.12. The van der Waals surface area contributed by atoms with Crippen LogP contribution in [0.2, 0.25) is 0 Å². The van der Waals surface area contributed by atoms with Crippen LogP contribution in [0.3, 0.4) is 0 Å². The molecule has 0 radical (unpaired) electrons. The quantitative estimate of drug-likeness (QED) is 0.851. The summed E-state index contributed by atoms with van der Waals surface area (Å²) in [5.41, 5.74) is 2.35. The van der Waals surface area contributed by atoms with Gasteiger partial charge in [-0.15, -0.1) is 0 Å². The number of benzene rings is 1. The first kappa shape index (κ1) is 15.2. The van der Waals surface area contributed by atoms with Gasteiger partial charge in [-0.3, -0.25) is 4.98 Å². The van der Waals surface area contributed by atoms with Crippen molar-refractivity contribution in [2.24, 2.45) is 0 Å². The molecule has 4 nitrogen and oxygen atoms in total. The van der Waals surface area contributed by atoms with Gasteiger partial charge in [-0.25, -0.2) is 9.37 Å². The van der Waals surface area contributed by atoms with Gasteiger partial charge in [0.25, 0.3) is 0 Å². The monoisotopic (exact) mass is 288 g/mol. The third kappa shape index (κ3) is 4.15. The van der Waals surface area contributed by atoms with Gasteiger partial charge in [0.15, 0.2) is 0 Å². The Morgan fingerprint density at radius 2 is 1.67 bits per heavy atom. The van der Waals surface area contributed by atoms with E-state index in [0.717, 1.165) is 24.3 Å². The topological polar surface area (TPSA) is 49.8 Å². The van der Waals surface area contributed by atoms with Crippen molar-refractivity contribution in [2.45, 2.75) is 33.7 Å². The lowest BCUT2D eigenvalue weighted by Crippen LogP contribution is -2.07. The maximum absolute atomic E-state index is 13.6. The summed E-state index contributed by atoms with van der Waals surface area (Å²) < 4.78 is 13.6. The fourth-order valence-corrected chi connectivity index (χ4v) is 2.12. The van der Waals surface area contributed by atoms with Crippen LogP contribution in [0.15, 0.2) is 24.5 Å². The van der Waals surface area contributed by atoms with E-state index in [1.807, 2.05) is 12.1 Å². The third-order valence-corrected chi connectivity index (χ3v) is 3.16. The number of hydrogen-bond acceptors (Lipinski definition) is 4. The van der Waals surface area contributed by atoms with Crippen LogP contribution in [0.4, 0.5) is 16.0 Å². The second kappa shape index (κ2) is 7.02. The molecule has 0 amide bonds. The zero-order chi connectivity index (χ0) is 15.2. The number of anilines is 2. The lowest BCUT2D eigenvalue weighted by molar-refractivity contribution is 0.608. The summed E-state index contributed by atoms with van der Waals surface area (Å²) >= 11 is 0. The molecular formula is C16H21FN4. The van der Waals surface area contributed by atoms with Crippen LogP contribution in [0.1, 0.15) is 30.0 Å². The molecule has 1 aromatic carbocycles. The molecule has 21 heavy (non-hydrogen) atoms. The Morgan fingerprint density at radius 1 is 1.05 bits per heavy atom. The minimum Gasteiger partial charge on any atom is -0.369 e. The number of hydrogen-bond donors (Lipinski definition) is 2. The molecule has 0 aliphatic heterocycles. The molecule has 0 spiro atoms. The van der Waals surface area contributed by atoms with Crippen LogP contribution in [0, 0.1) is 19.7 Å². The van der Waals surface area contributed by atoms with E-state index in [-0.39, 0.29) is 5.82 Å². The Balaban J connectivity index is 2.03. The molecule has 1 aromatic heterocycles. The van der Waals surface area contributed by atoms with E-state index in [1.54, 1.807) is 26.2 Å².